The molecule has 1 aromatic rings. The second kappa shape index (κ2) is 6.98. The highest BCUT2D eigenvalue weighted by atomic mass is 32.2. The molecule has 1 atom stereocenters. The predicted octanol–water partition coefficient (Wildman–Crippen LogP) is 1.72. The molecule has 3 rings (SSSR count). The van der Waals surface area contributed by atoms with Crippen LogP contribution in [-0.4, -0.2) is 58.7 Å². The molecule has 2 aliphatic rings. The van der Waals surface area contributed by atoms with Gasteiger partial charge in [0, 0.05) is 37.8 Å². The van der Waals surface area contributed by atoms with Crippen LogP contribution in [-0.2, 0) is 20.9 Å². The van der Waals surface area contributed by atoms with Crippen molar-refractivity contribution in [1.29, 1.82) is 0 Å². The SMILES string of the molecule is CCOCC(=O)N1CC2(C[C@@H](OCc3cccnc3)CS2)C1. The van der Waals surface area contributed by atoms with Gasteiger partial charge in [-0.15, -0.1) is 11.8 Å². The van der Waals surface area contributed by atoms with Gasteiger partial charge in [0.25, 0.3) is 0 Å². The molecule has 3 heterocycles. The van der Waals surface area contributed by atoms with E-state index in [1.165, 1.54) is 0 Å². The van der Waals surface area contributed by atoms with E-state index in [2.05, 4.69) is 4.98 Å². The van der Waals surface area contributed by atoms with Crippen LogP contribution < -0.4 is 0 Å². The Labute approximate surface area is 135 Å². The van der Waals surface area contributed by atoms with E-state index in [0.29, 0.717) is 13.2 Å². The van der Waals surface area contributed by atoms with Crippen LogP contribution in [0.4, 0.5) is 0 Å². The molecule has 1 spiro atoms. The first kappa shape index (κ1) is 15.8. The van der Waals surface area contributed by atoms with E-state index in [-0.39, 0.29) is 23.4 Å². The normalized spacial score (nSPS) is 22.8. The minimum atomic E-state index is 0.104. The molecule has 0 bridgehead atoms. The highest BCUT2D eigenvalue weighted by molar-refractivity contribution is 8.01. The van der Waals surface area contributed by atoms with E-state index in [4.69, 9.17) is 9.47 Å². The number of hydrogen-bond donors (Lipinski definition) is 0. The Hall–Kier alpha value is -1.11. The fourth-order valence-corrected chi connectivity index (χ4v) is 4.49. The maximum atomic E-state index is 11.9. The maximum Gasteiger partial charge on any atom is 0.248 e. The monoisotopic (exact) mass is 322 g/mol. The summed E-state index contributed by atoms with van der Waals surface area (Å²) in [5.74, 6) is 1.11. The Bertz CT molecular complexity index is 505. The molecule has 5 nitrogen and oxygen atoms in total. The number of likely N-dealkylation sites (tertiary alicyclic amines) is 1. The fourth-order valence-electron chi connectivity index (χ4n) is 2.93. The highest BCUT2D eigenvalue weighted by Crippen LogP contribution is 2.46. The van der Waals surface area contributed by atoms with Gasteiger partial charge in [0.05, 0.1) is 17.5 Å². The summed E-state index contributed by atoms with van der Waals surface area (Å²) in [7, 11) is 0. The minimum absolute atomic E-state index is 0.104. The van der Waals surface area contributed by atoms with E-state index < -0.39 is 0 Å². The van der Waals surface area contributed by atoms with Crippen molar-refractivity contribution in [1.82, 2.24) is 9.88 Å². The summed E-state index contributed by atoms with van der Waals surface area (Å²) in [6.45, 7) is 4.97. The Kier molecular flexibility index (Phi) is 5.00. The zero-order valence-electron chi connectivity index (χ0n) is 12.9. The van der Waals surface area contributed by atoms with Crippen molar-refractivity contribution in [2.45, 2.75) is 30.8 Å². The first-order valence-electron chi connectivity index (χ1n) is 7.71. The third-order valence-corrected chi connectivity index (χ3v) is 5.70. The lowest BCUT2D eigenvalue weighted by molar-refractivity contribution is -0.141. The van der Waals surface area contributed by atoms with Crippen LogP contribution in [0, 0.1) is 0 Å². The standard InChI is InChI=1S/C16H22N2O3S/c1-2-20-9-15(19)18-11-16(12-18)6-14(10-22-16)21-8-13-4-3-5-17-7-13/h3-5,7,14H,2,6,8-12H2,1H3/t14-/m1/s1. The number of amides is 1. The molecule has 0 aliphatic carbocycles. The number of nitrogens with zero attached hydrogens (tertiary/aromatic N) is 2. The van der Waals surface area contributed by atoms with Crippen molar-refractivity contribution in [3.63, 3.8) is 0 Å². The molecule has 2 saturated heterocycles. The molecular weight excluding hydrogens is 300 g/mol. The molecule has 1 amide bonds. The maximum absolute atomic E-state index is 11.9. The Morgan fingerprint density at radius 2 is 2.41 bits per heavy atom. The second-order valence-corrected chi connectivity index (χ2v) is 7.37. The van der Waals surface area contributed by atoms with Gasteiger partial charge in [-0.05, 0) is 25.0 Å². The van der Waals surface area contributed by atoms with Crippen molar-refractivity contribution in [2.24, 2.45) is 0 Å². The summed E-state index contributed by atoms with van der Waals surface area (Å²) in [6, 6.07) is 3.96. The molecule has 0 aromatic carbocycles. The Morgan fingerprint density at radius 1 is 1.55 bits per heavy atom. The zero-order chi connectivity index (χ0) is 15.4. The van der Waals surface area contributed by atoms with Gasteiger partial charge in [-0.2, -0.15) is 0 Å². The number of hydrogen-bond acceptors (Lipinski definition) is 5. The van der Waals surface area contributed by atoms with Crippen LogP contribution >= 0.6 is 11.8 Å². The first-order valence-corrected chi connectivity index (χ1v) is 8.69. The van der Waals surface area contributed by atoms with E-state index in [9.17, 15) is 4.79 Å². The quantitative estimate of drug-likeness (QED) is 0.798. The van der Waals surface area contributed by atoms with Crippen LogP contribution in [0.5, 0.6) is 0 Å². The third-order valence-electron chi connectivity index (χ3n) is 4.12. The van der Waals surface area contributed by atoms with E-state index in [1.807, 2.05) is 41.9 Å². The van der Waals surface area contributed by atoms with Gasteiger partial charge < -0.3 is 14.4 Å². The van der Waals surface area contributed by atoms with Gasteiger partial charge in [-0.3, -0.25) is 9.78 Å². The van der Waals surface area contributed by atoms with Crippen molar-refractivity contribution in [3.8, 4) is 0 Å². The zero-order valence-corrected chi connectivity index (χ0v) is 13.7. The predicted molar refractivity (Wildman–Crippen MR) is 85.7 cm³/mol. The largest absolute Gasteiger partial charge is 0.373 e. The van der Waals surface area contributed by atoms with E-state index in [1.54, 1.807) is 6.20 Å². The van der Waals surface area contributed by atoms with Crippen molar-refractivity contribution >= 4 is 17.7 Å². The van der Waals surface area contributed by atoms with E-state index >= 15 is 0 Å². The molecule has 120 valence electrons. The smallest absolute Gasteiger partial charge is 0.248 e. The lowest BCUT2D eigenvalue weighted by Gasteiger charge is -2.47. The average molecular weight is 322 g/mol. The first-order chi connectivity index (χ1) is 10.7. The molecule has 22 heavy (non-hydrogen) atoms. The molecule has 0 radical (unpaired) electrons. The number of carbonyl (C=O) groups excluding carboxylic acids is 1. The van der Waals surface area contributed by atoms with Gasteiger partial charge in [0.15, 0.2) is 0 Å². The lowest BCUT2D eigenvalue weighted by atomic mass is 9.93. The topological polar surface area (TPSA) is 51.7 Å². The molecule has 2 fully saturated rings. The number of thioether (sulfide) groups is 1. The van der Waals surface area contributed by atoms with Crippen LogP contribution in [0.2, 0.25) is 0 Å². The van der Waals surface area contributed by atoms with Crippen LogP contribution in [0.15, 0.2) is 24.5 Å². The molecule has 2 aliphatic heterocycles. The molecular formula is C16H22N2O3S. The number of carbonyl (C=O) groups is 1. The van der Waals surface area contributed by atoms with Crippen LogP contribution in [0.25, 0.3) is 0 Å². The van der Waals surface area contributed by atoms with Gasteiger partial charge >= 0.3 is 0 Å². The fraction of sp³-hybridized carbons (Fsp3) is 0.625. The van der Waals surface area contributed by atoms with Crippen molar-refractivity contribution in [3.05, 3.63) is 30.1 Å². The average Bonchev–Trinajstić information content (AvgIpc) is 2.95. The van der Waals surface area contributed by atoms with Gasteiger partial charge in [-0.1, -0.05) is 6.07 Å². The van der Waals surface area contributed by atoms with Gasteiger partial charge in [0.2, 0.25) is 5.91 Å². The van der Waals surface area contributed by atoms with Crippen molar-refractivity contribution < 1.29 is 14.3 Å². The van der Waals surface area contributed by atoms with E-state index in [0.717, 1.165) is 30.8 Å². The van der Waals surface area contributed by atoms with Crippen molar-refractivity contribution in [2.75, 3.05) is 32.1 Å². The summed E-state index contributed by atoms with van der Waals surface area (Å²) in [5.41, 5.74) is 1.11. The summed E-state index contributed by atoms with van der Waals surface area (Å²) >= 11 is 1.94. The minimum Gasteiger partial charge on any atom is -0.373 e. The Balaban J connectivity index is 1.41. The Morgan fingerprint density at radius 3 is 3.14 bits per heavy atom. The molecule has 0 N–H and O–H groups in total. The lowest BCUT2D eigenvalue weighted by Crippen LogP contribution is -2.61. The van der Waals surface area contributed by atoms with Crippen LogP contribution in [0.1, 0.15) is 18.9 Å². The summed E-state index contributed by atoms with van der Waals surface area (Å²) in [6.07, 6.45) is 4.91. The number of rotatable bonds is 6. The highest BCUT2D eigenvalue weighted by Gasteiger charge is 2.50. The number of aromatic nitrogens is 1. The molecule has 1 aromatic heterocycles. The van der Waals surface area contributed by atoms with Crippen LogP contribution in [0.3, 0.4) is 0 Å². The number of pyridine rings is 1. The molecule has 0 saturated carbocycles. The summed E-state index contributed by atoms with van der Waals surface area (Å²) in [4.78, 5) is 17.9. The number of ether oxygens (including phenoxy) is 2. The molecule has 6 heteroatoms. The summed E-state index contributed by atoms with van der Waals surface area (Å²) in [5, 5.41) is 0. The van der Waals surface area contributed by atoms with Gasteiger partial charge in [-0.25, -0.2) is 0 Å². The van der Waals surface area contributed by atoms with Gasteiger partial charge in [0.1, 0.15) is 6.61 Å². The third kappa shape index (κ3) is 3.62. The molecule has 0 unspecified atom stereocenters. The second-order valence-electron chi connectivity index (χ2n) is 5.88. The summed E-state index contributed by atoms with van der Waals surface area (Å²) < 4.78 is 11.4.